The van der Waals surface area contributed by atoms with Crippen LogP contribution in [0.4, 0.5) is 0 Å². The van der Waals surface area contributed by atoms with Gasteiger partial charge in [0.1, 0.15) is 5.76 Å². The van der Waals surface area contributed by atoms with Gasteiger partial charge in [-0.05, 0) is 82.7 Å². The zero-order valence-electron chi connectivity index (χ0n) is 21.1. The highest BCUT2D eigenvalue weighted by Crippen LogP contribution is 2.46. The quantitative estimate of drug-likeness (QED) is 0.497. The van der Waals surface area contributed by atoms with Crippen molar-refractivity contribution in [2.75, 3.05) is 0 Å². The Balaban J connectivity index is 1.46. The van der Waals surface area contributed by atoms with Crippen LogP contribution in [0.5, 0.6) is 0 Å². The molecule has 1 heterocycles. The molecule has 0 saturated heterocycles. The third-order valence-electron chi connectivity index (χ3n) is 7.26. The van der Waals surface area contributed by atoms with Crippen molar-refractivity contribution in [3.63, 3.8) is 0 Å². The lowest BCUT2D eigenvalue weighted by molar-refractivity contribution is 0.0921. The van der Waals surface area contributed by atoms with Crippen LogP contribution in [0.1, 0.15) is 84.7 Å². The van der Waals surface area contributed by atoms with Crippen LogP contribution >= 0.6 is 0 Å². The number of furan rings is 1. The van der Waals surface area contributed by atoms with E-state index in [-0.39, 0.29) is 33.9 Å². The molecule has 0 spiro atoms. The fourth-order valence-corrected chi connectivity index (χ4v) is 5.32. The highest BCUT2D eigenvalue weighted by atomic mass is 32.2. The third kappa shape index (κ3) is 5.36. The van der Waals surface area contributed by atoms with Gasteiger partial charge in [0.05, 0.1) is 4.90 Å². The number of fused-ring (bicyclic) bond motifs is 1. The summed E-state index contributed by atoms with van der Waals surface area (Å²) in [5, 5.41) is 7.93. The monoisotopic (exact) mass is 494 g/mol. The second-order valence-corrected chi connectivity index (χ2v) is 12.5. The van der Waals surface area contributed by atoms with Gasteiger partial charge in [0.2, 0.25) is 10.0 Å². The van der Waals surface area contributed by atoms with E-state index in [1.807, 2.05) is 6.07 Å². The van der Waals surface area contributed by atoms with E-state index < -0.39 is 10.0 Å². The van der Waals surface area contributed by atoms with Gasteiger partial charge >= 0.3 is 0 Å². The summed E-state index contributed by atoms with van der Waals surface area (Å²) in [5.41, 5.74) is 6.36. The van der Waals surface area contributed by atoms with Gasteiger partial charge in [-0.3, -0.25) is 4.79 Å². The summed E-state index contributed by atoms with van der Waals surface area (Å²) in [6.07, 6.45) is 2.96. The van der Waals surface area contributed by atoms with Crippen LogP contribution in [0.3, 0.4) is 0 Å². The van der Waals surface area contributed by atoms with Crippen LogP contribution in [0.2, 0.25) is 0 Å². The van der Waals surface area contributed by atoms with E-state index in [0.29, 0.717) is 6.42 Å². The van der Waals surface area contributed by atoms with Crippen LogP contribution < -0.4 is 10.5 Å². The highest BCUT2D eigenvalue weighted by Gasteiger charge is 2.37. The smallest absolute Gasteiger partial charge is 0.287 e. The fourth-order valence-electron chi connectivity index (χ4n) is 4.81. The molecule has 1 aliphatic carbocycles. The summed E-state index contributed by atoms with van der Waals surface area (Å²) in [4.78, 5) is 12.6. The third-order valence-corrected chi connectivity index (χ3v) is 8.19. The van der Waals surface area contributed by atoms with Crippen molar-refractivity contribution < 1.29 is 17.6 Å². The van der Waals surface area contributed by atoms with Gasteiger partial charge in [-0.1, -0.05) is 52.0 Å². The molecule has 1 amide bonds. The fraction of sp³-hybridized carbons (Fsp3) is 0.393. The molecule has 1 aromatic heterocycles. The van der Waals surface area contributed by atoms with Crippen molar-refractivity contribution in [3.8, 4) is 0 Å². The summed E-state index contributed by atoms with van der Waals surface area (Å²) in [6.45, 7) is 11.7. The Labute approximate surface area is 208 Å². The number of rotatable bonds is 6. The van der Waals surface area contributed by atoms with Crippen molar-refractivity contribution in [2.45, 2.75) is 76.2 Å². The van der Waals surface area contributed by atoms with Gasteiger partial charge in [0, 0.05) is 13.0 Å². The van der Waals surface area contributed by atoms with E-state index in [2.05, 4.69) is 52.1 Å². The first-order valence-electron chi connectivity index (χ1n) is 11.9. The molecule has 4 rings (SSSR count). The SMILES string of the molecule is Cc1cc2c(cc1Cc1ccc(C(=O)NCc3ccc(S(N)(=O)=O)cc3)o1)C(C)(C)CCC2(C)C. The van der Waals surface area contributed by atoms with Crippen molar-refractivity contribution in [2.24, 2.45) is 5.14 Å². The number of sulfonamides is 1. The number of benzene rings is 2. The molecular formula is C28H34N2O4S. The average molecular weight is 495 g/mol. The second-order valence-electron chi connectivity index (χ2n) is 10.9. The van der Waals surface area contributed by atoms with Gasteiger partial charge in [-0.2, -0.15) is 0 Å². The molecule has 1 aliphatic rings. The lowest BCUT2D eigenvalue weighted by Crippen LogP contribution is -2.34. The summed E-state index contributed by atoms with van der Waals surface area (Å²) < 4.78 is 28.6. The van der Waals surface area contributed by atoms with Crippen molar-refractivity contribution in [1.82, 2.24) is 5.32 Å². The molecular weight excluding hydrogens is 460 g/mol. The number of hydrogen-bond donors (Lipinski definition) is 2. The summed E-state index contributed by atoms with van der Waals surface area (Å²) >= 11 is 0. The first-order chi connectivity index (χ1) is 16.3. The topological polar surface area (TPSA) is 102 Å². The van der Waals surface area contributed by atoms with Crippen LogP contribution in [-0.4, -0.2) is 14.3 Å². The standard InChI is InChI=1S/C28H34N2O4S/c1-18-14-23-24(28(4,5)13-12-27(23,2)3)16-20(18)15-21-8-11-25(34-21)26(31)30-17-19-6-9-22(10-7-19)35(29,32)33/h6-11,14,16H,12-13,15,17H2,1-5H3,(H,30,31)(H2,29,32,33). The number of carbonyl (C=O) groups is 1. The zero-order chi connectivity index (χ0) is 25.6. The highest BCUT2D eigenvalue weighted by molar-refractivity contribution is 7.89. The van der Waals surface area contributed by atoms with Gasteiger partial charge in [-0.25, -0.2) is 13.6 Å². The average Bonchev–Trinajstić information content (AvgIpc) is 3.25. The number of nitrogens with two attached hydrogens (primary N) is 1. The van der Waals surface area contributed by atoms with Gasteiger partial charge < -0.3 is 9.73 Å². The summed E-state index contributed by atoms with van der Waals surface area (Å²) in [7, 11) is -3.74. The molecule has 3 aromatic rings. The van der Waals surface area contributed by atoms with Crippen LogP contribution in [0.25, 0.3) is 0 Å². The first kappa shape index (κ1) is 25.2. The Morgan fingerprint density at radius 2 is 1.57 bits per heavy atom. The van der Waals surface area contributed by atoms with Crippen LogP contribution in [0, 0.1) is 6.92 Å². The molecule has 6 nitrogen and oxygen atoms in total. The largest absolute Gasteiger partial charge is 0.456 e. The Bertz CT molecular complexity index is 1370. The van der Waals surface area contributed by atoms with E-state index >= 15 is 0 Å². The Morgan fingerprint density at radius 3 is 2.17 bits per heavy atom. The van der Waals surface area contributed by atoms with Crippen molar-refractivity contribution in [1.29, 1.82) is 0 Å². The number of aryl methyl sites for hydroxylation is 1. The number of hydrogen-bond acceptors (Lipinski definition) is 4. The molecule has 186 valence electrons. The molecule has 35 heavy (non-hydrogen) atoms. The van der Waals surface area contributed by atoms with E-state index in [4.69, 9.17) is 9.56 Å². The van der Waals surface area contributed by atoms with E-state index in [9.17, 15) is 13.2 Å². The molecule has 0 aliphatic heterocycles. The number of carbonyl (C=O) groups excluding carboxylic acids is 1. The minimum atomic E-state index is -3.74. The predicted molar refractivity (Wildman–Crippen MR) is 137 cm³/mol. The van der Waals surface area contributed by atoms with E-state index in [1.54, 1.807) is 18.2 Å². The minimum absolute atomic E-state index is 0.0349. The normalized spacial score (nSPS) is 16.5. The molecule has 2 aromatic carbocycles. The molecule has 0 atom stereocenters. The van der Waals surface area contributed by atoms with Crippen LogP contribution in [0.15, 0.2) is 57.8 Å². The minimum Gasteiger partial charge on any atom is -0.456 e. The first-order valence-corrected chi connectivity index (χ1v) is 13.4. The number of amides is 1. The van der Waals surface area contributed by atoms with Crippen molar-refractivity contribution in [3.05, 3.63) is 87.9 Å². The maximum atomic E-state index is 12.6. The predicted octanol–water partition coefficient (Wildman–Crippen LogP) is 5.11. The zero-order valence-corrected chi connectivity index (χ0v) is 21.9. The molecule has 7 heteroatoms. The maximum Gasteiger partial charge on any atom is 0.287 e. The summed E-state index contributed by atoms with van der Waals surface area (Å²) in [5.74, 6) is 0.665. The number of primary sulfonamides is 1. The Morgan fingerprint density at radius 1 is 0.971 bits per heavy atom. The van der Waals surface area contributed by atoms with Gasteiger partial charge in [-0.15, -0.1) is 0 Å². The van der Waals surface area contributed by atoms with E-state index in [1.165, 1.54) is 40.8 Å². The Kier molecular flexibility index (Phi) is 6.45. The molecule has 0 unspecified atom stereocenters. The Hall–Kier alpha value is -2.90. The maximum absolute atomic E-state index is 12.6. The van der Waals surface area contributed by atoms with Crippen LogP contribution in [-0.2, 0) is 33.8 Å². The van der Waals surface area contributed by atoms with E-state index in [0.717, 1.165) is 17.7 Å². The molecule has 3 N–H and O–H groups in total. The van der Waals surface area contributed by atoms with Gasteiger partial charge in [0.25, 0.3) is 5.91 Å². The summed E-state index contributed by atoms with van der Waals surface area (Å²) in [6, 6.07) is 14.3. The van der Waals surface area contributed by atoms with Gasteiger partial charge in [0.15, 0.2) is 5.76 Å². The molecule has 0 bridgehead atoms. The number of nitrogens with one attached hydrogen (secondary N) is 1. The molecule has 0 fully saturated rings. The second kappa shape index (κ2) is 8.95. The lowest BCUT2D eigenvalue weighted by Gasteiger charge is -2.42. The molecule has 0 radical (unpaired) electrons. The lowest BCUT2D eigenvalue weighted by atomic mass is 9.62. The molecule has 0 saturated carbocycles. The van der Waals surface area contributed by atoms with Crippen molar-refractivity contribution >= 4 is 15.9 Å².